The quantitative estimate of drug-likeness (QED) is 0.466. The Morgan fingerprint density at radius 2 is 1.38 bits per heavy atom. The molecule has 0 aromatic rings. The predicted octanol–water partition coefficient (Wildman–Crippen LogP) is -1.36. The molecule has 0 aromatic heterocycles. The van der Waals surface area contributed by atoms with Crippen LogP contribution in [-0.2, 0) is 14.0 Å². The first-order chi connectivity index (χ1) is 6.24. The molecule has 68 valence electrons. The van der Waals surface area contributed by atoms with Crippen LogP contribution in [0.5, 0.6) is 0 Å². The molecule has 6 radical (unpaired) electrons. The summed E-state index contributed by atoms with van der Waals surface area (Å²) >= 11 is 0. The van der Waals surface area contributed by atoms with Gasteiger partial charge >= 0.3 is 0 Å². The molecule has 0 saturated carbocycles. The summed E-state index contributed by atoms with van der Waals surface area (Å²) in [4.78, 5) is 0. The Kier molecular flexibility index (Phi) is 7.46. The van der Waals surface area contributed by atoms with Crippen molar-refractivity contribution >= 4 is 24.1 Å². The Morgan fingerprint density at radius 1 is 1.00 bits per heavy atom. The van der Waals surface area contributed by atoms with Crippen LogP contribution in [0.25, 0.3) is 0 Å². The summed E-state index contributed by atoms with van der Waals surface area (Å²) in [7, 11) is 14.9. The van der Waals surface area contributed by atoms with Crippen LogP contribution in [0.15, 0.2) is 0 Å². The molecule has 0 saturated heterocycles. The van der Waals surface area contributed by atoms with Crippen LogP contribution in [0.3, 0.4) is 0 Å². The van der Waals surface area contributed by atoms with Gasteiger partial charge in [-0.05, 0) is 6.54 Å². The lowest BCUT2D eigenvalue weighted by Crippen LogP contribution is -2.56. The smallest absolute Gasteiger partial charge is 0.282 e. The molecule has 0 aliphatic carbocycles. The third-order valence-electron chi connectivity index (χ3n) is 1.63. The van der Waals surface area contributed by atoms with Crippen LogP contribution in [0.2, 0.25) is 0 Å². The summed E-state index contributed by atoms with van der Waals surface area (Å²) < 4.78 is 13.6. The Hall–Kier alpha value is 0.0348. The van der Waals surface area contributed by atoms with Gasteiger partial charge < -0.3 is 19.3 Å². The highest BCUT2D eigenvalue weighted by Gasteiger charge is 2.28. The predicted molar refractivity (Wildman–Crippen MR) is 51.5 cm³/mol. The molecular formula is C6H12B3NO3. The molecule has 0 bridgehead atoms. The molecular weight excluding hydrogens is 167 g/mol. The maximum Gasteiger partial charge on any atom is 0.282 e. The van der Waals surface area contributed by atoms with E-state index in [4.69, 9.17) is 24.1 Å². The number of likely N-dealkylation sites (N-methyl/N-ethyl adjacent to an activating group) is 1. The van der Waals surface area contributed by atoms with Crippen LogP contribution >= 0.6 is 0 Å². The highest BCUT2D eigenvalue weighted by molar-refractivity contribution is 5.98. The molecule has 0 aliphatic heterocycles. The number of rotatable bonds is 8. The molecule has 0 rings (SSSR count). The molecule has 13 heavy (non-hydrogen) atoms. The molecule has 1 N–H and O–H groups in total. The second-order valence-corrected chi connectivity index (χ2v) is 2.74. The summed E-state index contributed by atoms with van der Waals surface area (Å²) in [5.74, 6) is 0. The highest BCUT2D eigenvalue weighted by atomic mass is 16.5. The maximum absolute atomic E-state index is 4.97. The van der Waals surface area contributed by atoms with Gasteiger partial charge in [0, 0.05) is 19.8 Å². The zero-order valence-electron chi connectivity index (χ0n) is 7.79. The van der Waals surface area contributed by atoms with E-state index in [0.717, 1.165) is 0 Å². The average molecular weight is 179 g/mol. The van der Waals surface area contributed by atoms with Crippen LogP contribution in [0.4, 0.5) is 0 Å². The average Bonchev–Trinajstić information content (AvgIpc) is 2.06. The summed E-state index contributed by atoms with van der Waals surface area (Å²) in [6.45, 7) is 3.24. The van der Waals surface area contributed by atoms with Crippen LogP contribution in [0.1, 0.15) is 6.92 Å². The van der Waals surface area contributed by atoms with E-state index in [1.165, 1.54) is 0 Å². The zero-order chi connectivity index (χ0) is 10.2. The van der Waals surface area contributed by atoms with Crippen molar-refractivity contribution < 1.29 is 14.0 Å². The number of hydrogen-bond donors (Lipinski definition) is 1. The van der Waals surface area contributed by atoms with Crippen molar-refractivity contribution in [1.82, 2.24) is 5.32 Å². The molecule has 0 atom stereocenters. The van der Waals surface area contributed by atoms with Gasteiger partial charge in [-0.2, -0.15) is 0 Å². The van der Waals surface area contributed by atoms with E-state index < -0.39 is 5.54 Å². The molecule has 4 nitrogen and oxygen atoms in total. The van der Waals surface area contributed by atoms with E-state index in [1.54, 1.807) is 0 Å². The summed E-state index contributed by atoms with van der Waals surface area (Å²) in [5.41, 5.74) is -0.590. The van der Waals surface area contributed by atoms with Gasteiger partial charge in [0.25, 0.3) is 24.1 Å². The number of nitrogens with one attached hydrogen (secondary N) is 1. The van der Waals surface area contributed by atoms with Crippen LogP contribution in [0, 0.1) is 0 Å². The minimum atomic E-state index is -0.590. The van der Waals surface area contributed by atoms with Crippen molar-refractivity contribution in [3.63, 3.8) is 0 Å². The Bertz CT molecular complexity index is 98.2. The lowest BCUT2D eigenvalue weighted by Gasteiger charge is -2.33. The minimum Gasteiger partial charge on any atom is -0.446 e. The lowest BCUT2D eigenvalue weighted by atomic mass is 10.0. The molecule has 0 aromatic carbocycles. The van der Waals surface area contributed by atoms with Crippen molar-refractivity contribution in [2.45, 2.75) is 12.5 Å². The van der Waals surface area contributed by atoms with Crippen molar-refractivity contribution in [1.29, 1.82) is 0 Å². The first-order valence-corrected chi connectivity index (χ1v) is 3.94. The van der Waals surface area contributed by atoms with Crippen molar-refractivity contribution in [2.75, 3.05) is 26.4 Å². The lowest BCUT2D eigenvalue weighted by molar-refractivity contribution is 0.0809. The third-order valence-corrected chi connectivity index (χ3v) is 1.63. The van der Waals surface area contributed by atoms with E-state index in [-0.39, 0.29) is 19.8 Å². The fourth-order valence-electron chi connectivity index (χ4n) is 1.13. The molecule has 0 spiro atoms. The van der Waals surface area contributed by atoms with Crippen LogP contribution in [-0.4, -0.2) is 56.1 Å². The SMILES string of the molecule is [B]OCC(CO[B])(CO[B])NCC. The monoisotopic (exact) mass is 179 g/mol. The Morgan fingerprint density at radius 3 is 1.62 bits per heavy atom. The van der Waals surface area contributed by atoms with Crippen molar-refractivity contribution in [3.05, 3.63) is 0 Å². The number of hydrogen-bond acceptors (Lipinski definition) is 4. The van der Waals surface area contributed by atoms with Crippen molar-refractivity contribution in [2.24, 2.45) is 0 Å². The molecule has 0 amide bonds. The molecule has 0 fully saturated rings. The zero-order valence-corrected chi connectivity index (χ0v) is 7.79. The normalized spacial score (nSPS) is 11.8. The first-order valence-electron chi connectivity index (χ1n) is 3.94. The second kappa shape index (κ2) is 7.44. The molecule has 7 heteroatoms. The summed E-state index contributed by atoms with van der Waals surface area (Å²) in [6.07, 6.45) is 0. The van der Waals surface area contributed by atoms with Crippen molar-refractivity contribution in [3.8, 4) is 0 Å². The molecule has 0 aliphatic rings. The molecule has 0 heterocycles. The van der Waals surface area contributed by atoms with Gasteiger partial charge in [-0.15, -0.1) is 0 Å². The third kappa shape index (κ3) is 4.71. The highest BCUT2D eigenvalue weighted by Crippen LogP contribution is 2.06. The Labute approximate surface area is 83.0 Å². The van der Waals surface area contributed by atoms with Gasteiger partial charge in [-0.3, -0.25) is 0 Å². The first kappa shape index (κ1) is 13.0. The van der Waals surface area contributed by atoms with Gasteiger partial charge in [0.05, 0.1) is 5.54 Å². The molecule has 0 unspecified atom stereocenters. The van der Waals surface area contributed by atoms with Gasteiger partial charge in [0.1, 0.15) is 0 Å². The van der Waals surface area contributed by atoms with Crippen LogP contribution < -0.4 is 5.32 Å². The van der Waals surface area contributed by atoms with E-state index in [0.29, 0.717) is 6.54 Å². The maximum atomic E-state index is 4.97. The van der Waals surface area contributed by atoms with Gasteiger partial charge in [-0.25, -0.2) is 0 Å². The minimum absolute atomic E-state index is 0.204. The van der Waals surface area contributed by atoms with E-state index >= 15 is 0 Å². The summed E-state index contributed by atoms with van der Waals surface area (Å²) in [6, 6.07) is 0. The van der Waals surface area contributed by atoms with E-state index in [1.807, 2.05) is 6.92 Å². The fourth-order valence-corrected chi connectivity index (χ4v) is 1.13. The summed E-state index contributed by atoms with van der Waals surface area (Å²) in [5, 5.41) is 3.08. The van der Waals surface area contributed by atoms with Gasteiger partial charge in [0.15, 0.2) is 0 Å². The standard InChI is InChI=1S/C6H12B3NO3/c1-2-10-6(3-11-7,4-12-8)5-13-9/h10H,2-5H2,1H3. The van der Waals surface area contributed by atoms with E-state index in [2.05, 4.69) is 19.3 Å². The van der Waals surface area contributed by atoms with E-state index in [9.17, 15) is 0 Å². The fraction of sp³-hybridized carbons (Fsp3) is 1.00. The largest absolute Gasteiger partial charge is 0.446 e. The van der Waals surface area contributed by atoms with Gasteiger partial charge in [0.2, 0.25) is 0 Å². The van der Waals surface area contributed by atoms with Gasteiger partial charge in [-0.1, -0.05) is 6.92 Å². The second-order valence-electron chi connectivity index (χ2n) is 2.74. The Balaban J connectivity index is 4.19. The topological polar surface area (TPSA) is 39.7 Å².